The predicted molar refractivity (Wildman–Crippen MR) is 81.4 cm³/mol. The molecule has 1 N–H and O–H groups in total. The molecule has 3 rings (SSSR count). The van der Waals surface area contributed by atoms with E-state index in [1.54, 1.807) is 10.9 Å². The fourth-order valence-corrected chi connectivity index (χ4v) is 2.54. The Labute approximate surface area is 124 Å². The second-order valence-corrected chi connectivity index (χ2v) is 5.43. The Morgan fingerprint density at radius 1 is 1.35 bits per heavy atom. The zero-order chi connectivity index (χ0) is 14.1. The van der Waals surface area contributed by atoms with Gasteiger partial charge >= 0.3 is 0 Å². The van der Waals surface area contributed by atoms with Crippen molar-refractivity contribution in [2.24, 2.45) is 7.05 Å². The molecule has 0 saturated carbocycles. The molecular weight excluding hydrogens is 320 g/mol. The van der Waals surface area contributed by atoms with Gasteiger partial charge in [-0.2, -0.15) is 0 Å². The number of benzene rings is 1. The van der Waals surface area contributed by atoms with Crippen molar-refractivity contribution in [2.45, 2.75) is 20.0 Å². The van der Waals surface area contributed by atoms with E-state index in [0.29, 0.717) is 6.54 Å². The summed E-state index contributed by atoms with van der Waals surface area (Å²) < 4.78 is 4.97. The van der Waals surface area contributed by atoms with Crippen LogP contribution in [0.5, 0.6) is 0 Å². The van der Waals surface area contributed by atoms with Crippen LogP contribution in [0.4, 0.5) is 5.95 Å². The molecule has 0 aliphatic heterocycles. The van der Waals surface area contributed by atoms with E-state index in [9.17, 15) is 0 Å². The Morgan fingerprint density at radius 2 is 2.20 bits per heavy atom. The van der Waals surface area contributed by atoms with Gasteiger partial charge in [0.1, 0.15) is 0 Å². The third kappa shape index (κ3) is 2.29. The molecular formula is C13H15BrN6. The van der Waals surface area contributed by atoms with Crippen molar-refractivity contribution in [1.82, 2.24) is 24.5 Å². The van der Waals surface area contributed by atoms with Crippen molar-refractivity contribution in [1.29, 1.82) is 0 Å². The van der Waals surface area contributed by atoms with E-state index < -0.39 is 0 Å². The summed E-state index contributed by atoms with van der Waals surface area (Å²) in [5, 5.41) is 11.1. The molecule has 6 nitrogen and oxygen atoms in total. The monoisotopic (exact) mass is 334 g/mol. The maximum atomic E-state index is 4.63. The number of hydrogen-bond donors (Lipinski definition) is 1. The summed E-state index contributed by atoms with van der Waals surface area (Å²) in [7, 11) is 1.88. The van der Waals surface area contributed by atoms with Gasteiger partial charge in [-0.05, 0) is 25.1 Å². The zero-order valence-corrected chi connectivity index (χ0v) is 12.9. The second-order valence-electron chi connectivity index (χ2n) is 4.52. The van der Waals surface area contributed by atoms with Crippen LogP contribution in [0.1, 0.15) is 12.6 Å². The largest absolute Gasteiger partial charge is 0.350 e. The molecule has 0 spiro atoms. The minimum Gasteiger partial charge on any atom is -0.350 e. The number of aryl methyl sites for hydroxylation is 2. The molecule has 0 radical (unpaired) electrons. The van der Waals surface area contributed by atoms with Gasteiger partial charge in [0.25, 0.3) is 0 Å². The normalized spacial score (nSPS) is 11.2. The molecule has 2 aromatic heterocycles. The first-order chi connectivity index (χ1) is 9.69. The molecule has 0 amide bonds. The van der Waals surface area contributed by atoms with E-state index in [1.807, 2.05) is 19.2 Å². The Hall–Kier alpha value is -1.89. The van der Waals surface area contributed by atoms with Gasteiger partial charge in [0, 0.05) is 18.1 Å². The van der Waals surface area contributed by atoms with Crippen molar-refractivity contribution >= 4 is 32.9 Å². The third-order valence-electron chi connectivity index (χ3n) is 3.26. The fourth-order valence-electron chi connectivity index (χ4n) is 2.19. The number of aromatic nitrogens is 5. The summed E-state index contributed by atoms with van der Waals surface area (Å²) in [6.45, 7) is 3.62. The maximum absolute atomic E-state index is 4.63. The van der Waals surface area contributed by atoms with Crippen molar-refractivity contribution in [2.75, 3.05) is 5.32 Å². The topological polar surface area (TPSA) is 60.6 Å². The Balaban J connectivity index is 1.93. The second kappa shape index (κ2) is 5.24. The molecule has 0 atom stereocenters. The van der Waals surface area contributed by atoms with Gasteiger partial charge < -0.3 is 9.88 Å². The SMILES string of the molecule is CCn1c(NCc2cnnn2C)nc2ccc(Br)cc21. The highest BCUT2D eigenvalue weighted by atomic mass is 79.9. The molecule has 3 aromatic rings. The van der Waals surface area contributed by atoms with E-state index in [-0.39, 0.29) is 0 Å². The minimum absolute atomic E-state index is 0.647. The van der Waals surface area contributed by atoms with Gasteiger partial charge in [-0.15, -0.1) is 5.10 Å². The summed E-state index contributed by atoms with van der Waals surface area (Å²) in [6.07, 6.45) is 1.75. The highest BCUT2D eigenvalue weighted by Gasteiger charge is 2.10. The van der Waals surface area contributed by atoms with Crippen LogP contribution in [0.3, 0.4) is 0 Å². The molecule has 0 unspecified atom stereocenters. The van der Waals surface area contributed by atoms with Crippen LogP contribution in [-0.4, -0.2) is 24.5 Å². The van der Waals surface area contributed by atoms with Crippen LogP contribution in [0, 0.1) is 0 Å². The number of hydrogen-bond acceptors (Lipinski definition) is 4. The summed E-state index contributed by atoms with van der Waals surface area (Å²) in [5.41, 5.74) is 3.12. The number of rotatable bonds is 4. The molecule has 0 aliphatic rings. The zero-order valence-electron chi connectivity index (χ0n) is 11.3. The highest BCUT2D eigenvalue weighted by molar-refractivity contribution is 9.10. The quantitative estimate of drug-likeness (QED) is 0.796. The molecule has 0 aliphatic carbocycles. The fraction of sp³-hybridized carbons (Fsp3) is 0.308. The molecule has 104 valence electrons. The van der Waals surface area contributed by atoms with Crippen LogP contribution in [0.2, 0.25) is 0 Å². The number of fused-ring (bicyclic) bond motifs is 1. The number of anilines is 1. The van der Waals surface area contributed by atoms with Crippen LogP contribution in [-0.2, 0) is 20.1 Å². The number of halogens is 1. The summed E-state index contributed by atoms with van der Waals surface area (Å²) in [4.78, 5) is 4.63. The summed E-state index contributed by atoms with van der Waals surface area (Å²) in [6, 6.07) is 6.11. The molecule has 0 bridgehead atoms. The average molecular weight is 335 g/mol. The van der Waals surface area contributed by atoms with Gasteiger partial charge in [-0.25, -0.2) is 4.98 Å². The smallest absolute Gasteiger partial charge is 0.204 e. The van der Waals surface area contributed by atoms with Crippen molar-refractivity contribution < 1.29 is 0 Å². The van der Waals surface area contributed by atoms with Crippen molar-refractivity contribution in [3.63, 3.8) is 0 Å². The average Bonchev–Trinajstić information content (AvgIpc) is 2.99. The summed E-state index contributed by atoms with van der Waals surface area (Å²) >= 11 is 3.50. The Kier molecular flexibility index (Phi) is 3.43. The first-order valence-electron chi connectivity index (χ1n) is 6.42. The van der Waals surface area contributed by atoms with Crippen LogP contribution < -0.4 is 5.32 Å². The van der Waals surface area contributed by atoms with E-state index in [4.69, 9.17) is 0 Å². The van der Waals surface area contributed by atoms with Crippen molar-refractivity contribution in [3.8, 4) is 0 Å². The van der Waals surface area contributed by atoms with E-state index >= 15 is 0 Å². The molecule has 1 aromatic carbocycles. The van der Waals surface area contributed by atoms with Crippen LogP contribution in [0.25, 0.3) is 11.0 Å². The lowest BCUT2D eigenvalue weighted by Gasteiger charge is -2.08. The van der Waals surface area contributed by atoms with Gasteiger partial charge in [0.05, 0.1) is 29.5 Å². The lowest BCUT2D eigenvalue weighted by Crippen LogP contribution is -2.09. The summed E-state index contributed by atoms with van der Waals surface area (Å²) in [5.74, 6) is 0.863. The predicted octanol–water partition coefficient (Wildman–Crippen LogP) is 2.56. The van der Waals surface area contributed by atoms with Crippen LogP contribution in [0.15, 0.2) is 28.9 Å². The lowest BCUT2D eigenvalue weighted by molar-refractivity contribution is 0.680. The van der Waals surface area contributed by atoms with E-state index in [2.05, 4.69) is 54.1 Å². The molecule has 20 heavy (non-hydrogen) atoms. The highest BCUT2D eigenvalue weighted by Crippen LogP contribution is 2.23. The van der Waals surface area contributed by atoms with Crippen molar-refractivity contribution in [3.05, 3.63) is 34.6 Å². The lowest BCUT2D eigenvalue weighted by atomic mass is 10.3. The molecule has 7 heteroatoms. The minimum atomic E-state index is 0.647. The van der Waals surface area contributed by atoms with E-state index in [0.717, 1.165) is 33.7 Å². The number of imidazole rings is 1. The van der Waals surface area contributed by atoms with Gasteiger partial charge in [-0.1, -0.05) is 21.1 Å². The number of nitrogens with one attached hydrogen (secondary N) is 1. The third-order valence-corrected chi connectivity index (χ3v) is 3.76. The first kappa shape index (κ1) is 13.1. The van der Waals surface area contributed by atoms with Gasteiger partial charge in [0.15, 0.2) is 0 Å². The maximum Gasteiger partial charge on any atom is 0.204 e. The molecule has 2 heterocycles. The van der Waals surface area contributed by atoms with E-state index in [1.165, 1.54) is 0 Å². The number of nitrogens with zero attached hydrogens (tertiary/aromatic N) is 5. The Bertz CT molecular complexity index is 744. The first-order valence-corrected chi connectivity index (χ1v) is 7.21. The van der Waals surface area contributed by atoms with Gasteiger partial charge in [0.2, 0.25) is 5.95 Å². The molecule has 0 fully saturated rings. The standard InChI is InChI=1S/C13H15BrN6/c1-3-20-12-6-9(14)4-5-11(12)17-13(20)15-7-10-8-16-18-19(10)2/h4-6,8H,3,7H2,1-2H3,(H,15,17). The van der Waals surface area contributed by atoms with Crippen LogP contribution >= 0.6 is 15.9 Å². The van der Waals surface area contributed by atoms with Gasteiger partial charge in [-0.3, -0.25) is 4.68 Å². The Morgan fingerprint density at radius 3 is 2.90 bits per heavy atom. The molecule has 0 saturated heterocycles.